The highest BCUT2D eigenvalue weighted by atomic mass is 35.5. The number of amides is 1. The number of rotatable bonds is 7. The predicted molar refractivity (Wildman–Crippen MR) is 84.6 cm³/mol. The van der Waals surface area contributed by atoms with E-state index in [1.165, 1.54) is 12.2 Å². The Morgan fingerprint density at radius 2 is 2.10 bits per heavy atom. The quantitative estimate of drug-likeness (QED) is 0.748. The first-order chi connectivity index (χ1) is 9.93. The lowest BCUT2D eigenvalue weighted by molar-refractivity contribution is -0.141. The van der Waals surface area contributed by atoms with Crippen LogP contribution in [0.15, 0.2) is 24.3 Å². The third-order valence-corrected chi connectivity index (χ3v) is 3.41. The molecule has 0 fully saturated rings. The van der Waals surface area contributed by atoms with Gasteiger partial charge in [0.1, 0.15) is 6.04 Å². The zero-order valence-corrected chi connectivity index (χ0v) is 13.1. The fraction of sp³-hybridized carbons (Fsp3) is 0.333. The molecule has 1 aromatic rings. The van der Waals surface area contributed by atoms with Gasteiger partial charge in [0.25, 0.3) is 0 Å². The van der Waals surface area contributed by atoms with Crippen molar-refractivity contribution in [2.45, 2.75) is 32.2 Å². The average Bonchev–Trinajstić information content (AvgIpc) is 2.44. The number of hydrogen-bond donors (Lipinski definition) is 2. The Kier molecular flexibility index (Phi) is 7.26. The maximum Gasteiger partial charge on any atom is 0.326 e. The molecule has 0 aromatic heterocycles. The zero-order valence-electron chi connectivity index (χ0n) is 11.6. The second-order valence-corrected chi connectivity index (χ2v) is 5.38. The summed E-state index contributed by atoms with van der Waals surface area (Å²) in [5, 5.41) is 12.5. The van der Waals surface area contributed by atoms with E-state index in [1.54, 1.807) is 18.2 Å². The van der Waals surface area contributed by atoms with E-state index >= 15 is 0 Å². The molecule has 0 saturated carbocycles. The summed E-state index contributed by atoms with van der Waals surface area (Å²) in [7, 11) is 0. The molecule has 0 radical (unpaired) electrons. The number of carbonyl (C=O) groups is 2. The molecule has 4 nitrogen and oxygen atoms in total. The minimum atomic E-state index is -1.04. The normalized spacial score (nSPS) is 12.3. The van der Waals surface area contributed by atoms with Crippen LogP contribution >= 0.6 is 23.2 Å². The third-order valence-electron chi connectivity index (χ3n) is 2.83. The van der Waals surface area contributed by atoms with Crippen molar-refractivity contribution in [1.82, 2.24) is 5.32 Å². The van der Waals surface area contributed by atoms with Gasteiger partial charge in [-0.2, -0.15) is 0 Å². The van der Waals surface area contributed by atoms with E-state index in [9.17, 15) is 9.59 Å². The number of carboxylic acid groups (broad SMARTS) is 1. The van der Waals surface area contributed by atoms with Crippen molar-refractivity contribution in [2.24, 2.45) is 0 Å². The lowest BCUT2D eigenvalue weighted by Crippen LogP contribution is -2.39. The van der Waals surface area contributed by atoms with Crippen LogP contribution in [-0.4, -0.2) is 23.0 Å². The van der Waals surface area contributed by atoms with Crippen LogP contribution < -0.4 is 5.32 Å². The third kappa shape index (κ3) is 6.19. The molecule has 0 aliphatic rings. The first-order valence-electron chi connectivity index (χ1n) is 6.60. The highest BCUT2D eigenvalue weighted by Crippen LogP contribution is 2.21. The number of carbonyl (C=O) groups excluding carboxylic acids is 1. The maximum absolute atomic E-state index is 11.8. The van der Waals surface area contributed by atoms with E-state index in [4.69, 9.17) is 28.3 Å². The fourth-order valence-electron chi connectivity index (χ4n) is 1.69. The second kappa shape index (κ2) is 8.70. The molecule has 1 rings (SSSR count). The van der Waals surface area contributed by atoms with Crippen LogP contribution in [0.4, 0.5) is 0 Å². The largest absolute Gasteiger partial charge is 0.480 e. The topological polar surface area (TPSA) is 66.4 Å². The van der Waals surface area contributed by atoms with E-state index in [2.05, 4.69) is 5.32 Å². The summed E-state index contributed by atoms with van der Waals surface area (Å²) in [6.07, 6.45) is 4.76. The monoisotopic (exact) mass is 329 g/mol. The maximum atomic E-state index is 11.8. The second-order valence-electron chi connectivity index (χ2n) is 4.54. The van der Waals surface area contributed by atoms with Crippen molar-refractivity contribution in [3.8, 4) is 0 Å². The summed E-state index contributed by atoms with van der Waals surface area (Å²) in [5.74, 6) is -1.51. The van der Waals surface area contributed by atoms with Gasteiger partial charge in [0.2, 0.25) is 5.91 Å². The van der Waals surface area contributed by atoms with E-state index in [0.717, 1.165) is 12.8 Å². The molecule has 1 amide bonds. The van der Waals surface area contributed by atoms with Crippen LogP contribution in [-0.2, 0) is 9.59 Å². The fourth-order valence-corrected chi connectivity index (χ4v) is 2.05. The number of carboxylic acids is 1. The zero-order chi connectivity index (χ0) is 15.8. The number of unbranched alkanes of at least 4 members (excludes halogenated alkanes) is 1. The molecule has 1 atom stereocenters. The molecule has 0 unspecified atom stereocenters. The number of nitrogens with one attached hydrogen (secondary N) is 1. The molecule has 0 spiro atoms. The molecule has 0 saturated heterocycles. The summed E-state index contributed by atoms with van der Waals surface area (Å²) in [6, 6.07) is 4.02. The summed E-state index contributed by atoms with van der Waals surface area (Å²) in [5.41, 5.74) is 0.597. The van der Waals surface area contributed by atoms with Gasteiger partial charge in [0.05, 0.1) is 0 Å². The molecule has 114 valence electrons. The van der Waals surface area contributed by atoms with Crippen molar-refractivity contribution in [1.29, 1.82) is 0 Å². The molecule has 0 heterocycles. The van der Waals surface area contributed by atoms with Crippen molar-refractivity contribution in [3.05, 3.63) is 39.9 Å². The Labute approximate surface area is 133 Å². The van der Waals surface area contributed by atoms with Gasteiger partial charge >= 0.3 is 5.97 Å². The number of hydrogen-bond acceptors (Lipinski definition) is 2. The highest BCUT2D eigenvalue weighted by Gasteiger charge is 2.17. The predicted octanol–water partition coefficient (Wildman–Crippen LogP) is 3.77. The van der Waals surface area contributed by atoms with Gasteiger partial charge < -0.3 is 10.4 Å². The van der Waals surface area contributed by atoms with Crippen molar-refractivity contribution < 1.29 is 14.7 Å². The van der Waals surface area contributed by atoms with Gasteiger partial charge in [0, 0.05) is 16.1 Å². The van der Waals surface area contributed by atoms with Gasteiger partial charge in [-0.15, -0.1) is 0 Å². The van der Waals surface area contributed by atoms with Gasteiger partial charge in [0.15, 0.2) is 0 Å². The molecule has 0 bridgehead atoms. The molecule has 6 heteroatoms. The van der Waals surface area contributed by atoms with Crippen molar-refractivity contribution in [3.63, 3.8) is 0 Å². The van der Waals surface area contributed by atoms with Crippen LogP contribution in [0, 0.1) is 0 Å². The standard InChI is InChI=1S/C15H17Cl2NO3/c1-2-3-4-13(15(20)21)18-14(19)8-5-10-9-11(16)6-7-12(10)17/h5-9,13H,2-4H2,1H3,(H,18,19)(H,20,21)/b8-5+/t13-/m0/s1. The minimum Gasteiger partial charge on any atom is -0.480 e. The minimum absolute atomic E-state index is 0.406. The molecular formula is C15H17Cl2NO3. The Morgan fingerprint density at radius 3 is 2.71 bits per heavy atom. The Morgan fingerprint density at radius 1 is 1.38 bits per heavy atom. The Hall–Kier alpha value is -1.52. The van der Waals surface area contributed by atoms with Crippen molar-refractivity contribution in [2.75, 3.05) is 0 Å². The van der Waals surface area contributed by atoms with E-state index in [0.29, 0.717) is 22.0 Å². The average molecular weight is 330 g/mol. The summed E-state index contributed by atoms with van der Waals surface area (Å²) >= 11 is 11.8. The first kappa shape index (κ1) is 17.5. The summed E-state index contributed by atoms with van der Waals surface area (Å²) in [6.45, 7) is 1.96. The summed E-state index contributed by atoms with van der Waals surface area (Å²) < 4.78 is 0. The Balaban J connectivity index is 2.68. The number of halogens is 2. The smallest absolute Gasteiger partial charge is 0.326 e. The van der Waals surface area contributed by atoms with Crippen LogP contribution in [0.5, 0.6) is 0 Å². The van der Waals surface area contributed by atoms with Gasteiger partial charge in [-0.1, -0.05) is 43.0 Å². The SMILES string of the molecule is CCCC[C@H](NC(=O)/C=C/c1cc(Cl)ccc1Cl)C(=O)O. The molecular weight excluding hydrogens is 313 g/mol. The van der Waals surface area contributed by atoms with E-state index < -0.39 is 17.9 Å². The molecule has 0 aliphatic carbocycles. The molecule has 1 aromatic carbocycles. The highest BCUT2D eigenvalue weighted by molar-refractivity contribution is 6.34. The van der Waals surface area contributed by atoms with Crippen LogP contribution in [0.1, 0.15) is 31.7 Å². The molecule has 21 heavy (non-hydrogen) atoms. The lowest BCUT2D eigenvalue weighted by atomic mass is 10.1. The van der Waals surface area contributed by atoms with E-state index in [1.807, 2.05) is 6.92 Å². The van der Waals surface area contributed by atoms with E-state index in [-0.39, 0.29) is 0 Å². The van der Waals surface area contributed by atoms with Gasteiger partial charge in [-0.25, -0.2) is 4.79 Å². The van der Waals surface area contributed by atoms with Crippen LogP contribution in [0.2, 0.25) is 10.0 Å². The van der Waals surface area contributed by atoms with Crippen LogP contribution in [0.25, 0.3) is 6.08 Å². The lowest BCUT2D eigenvalue weighted by Gasteiger charge is -2.12. The molecule has 2 N–H and O–H groups in total. The van der Waals surface area contributed by atoms with Gasteiger partial charge in [-0.3, -0.25) is 4.79 Å². The first-order valence-corrected chi connectivity index (χ1v) is 7.36. The number of benzene rings is 1. The molecule has 0 aliphatic heterocycles. The Bertz CT molecular complexity index is 544. The van der Waals surface area contributed by atoms with Crippen LogP contribution in [0.3, 0.4) is 0 Å². The summed E-state index contributed by atoms with van der Waals surface area (Å²) in [4.78, 5) is 22.8. The van der Waals surface area contributed by atoms with Gasteiger partial charge in [-0.05, 0) is 36.3 Å². The number of aliphatic carboxylic acids is 1. The van der Waals surface area contributed by atoms with Crippen molar-refractivity contribution >= 4 is 41.2 Å².